The van der Waals surface area contributed by atoms with Gasteiger partial charge < -0.3 is 15.2 Å². The van der Waals surface area contributed by atoms with Crippen LogP contribution in [0.25, 0.3) is 0 Å². The first-order valence-electron chi connectivity index (χ1n) is 8.72. The number of fused-ring (bicyclic) bond motifs is 2. The van der Waals surface area contributed by atoms with Gasteiger partial charge in [-0.15, -0.1) is 12.4 Å². The standard InChI is InChI=1S/C18H27N3O2.ClH/c1-11(2)6-8-21-9-7-12(3)16(18(21)23)17(22)20-15-10-13-4-5-14(15)19-13;/h7,9,11,13-15,19H,4-6,8,10H2,1-3H3,(H,20,22);1H/t13-,14+,15+;/m1./s1. The maximum absolute atomic E-state index is 12.7. The van der Waals surface area contributed by atoms with Crippen molar-refractivity contribution in [3.05, 3.63) is 33.7 Å². The second-order valence-corrected chi connectivity index (χ2v) is 7.42. The lowest BCUT2D eigenvalue weighted by Gasteiger charge is -2.22. The second kappa shape index (κ2) is 7.70. The third-order valence-electron chi connectivity index (χ3n) is 5.16. The summed E-state index contributed by atoms with van der Waals surface area (Å²) in [5.41, 5.74) is 0.891. The van der Waals surface area contributed by atoms with Gasteiger partial charge in [0, 0.05) is 30.9 Å². The van der Waals surface area contributed by atoms with Crippen molar-refractivity contribution >= 4 is 18.3 Å². The number of aryl methyl sites for hydroxylation is 2. The quantitative estimate of drug-likeness (QED) is 0.853. The lowest BCUT2D eigenvalue weighted by Crippen LogP contribution is -2.45. The molecule has 2 fully saturated rings. The van der Waals surface area contributed by atoms with E-state index in [2.05, 4.69) is 24.5 Å². The Bertz CT molecular complexity index is 656. The number of pyridine rings is 1. The molecule has 1 aromatic rings. The van der Waals surface area contributed by atoms with E-state index in [9.17, 15) is 9.59 Å². The van der Waals surface area contributed by atoms with Gasteiger partial charge in [-0.2, -0.15) is 0 Å². The maximum atomic E-state index is 12.7. The summed E-state index contributed by atoms with van der Waals surface area (Å²) in [6, 6.07) is 2.93. The van der Waals surface area contributed by atoms with Crippen molar-refractivity contribution in [1.82, 2.24) is 15.2 Å². The molecule has 1 aromatic heterocycles. The fourth-order valence-electron chi connectivity index (χ4n) is 3.74. The Morgan fingerprint density at radius 1 is 1.42 bits per heavy atom. The maximum Gasteiger partial charge on any atom is 0.263 e. The highest BCUT2D eigenvalue weighted by Crippen LogP contribution is 2.28. The summed E-state index contributed by atoms with van der Waals surface area (Å²) >= 11 is 0. The van der Waals surface area contributed by atoms with Gasteiger partial charge in [-0.3, -0.25) is 9.59 Å². The molecule has 2 aliphatic heterocycles. The first kappa shape index (κ1) is 19.0. The van der Waals surface area contributed by atoms with Crippen LogP contribution in [0.5, 0.6) is 0 Å². The number of halogens is 1. The van der Waals surface area contributed by atoms with Crippen molar-refractivity contribution in [2.75, 3.05) is 0 Å². The molecule has 5 nitrogen and oxygen atoms in total. The van der Waals surface area contributed by atoms with Crippen LogP contribution in [0.2, 0.25) is 0 Å². The summed E-state index contributed by atoms with van der Waals surface area (Å²) < 4.78 is 1.67. The molecule has 0 aliphatic carbocycles. The number of amides is 1. The average Bonchev–Trinajstić information content (AvgIpc) is 3.08. The molecule has 6 heteroatoms. The van der Waals surface area contributed by atoms with E-state index in [1.54, 1.807) is 10.8 Å². The van der Waals surface area contributed by atoms with Crippen LogP contribution in [0.1, 0.15) is 55.5 Å². The van der Waals surface area contributed by atoms with Crippen molar-refractivity contribution in [3.8, 4) is 0 Å². The number of rotatable bonds is 5. The Hall–Kier alpha value is -1.33. The average molecular weight is 354 g/mol. The van der Waals surface area contributed by atoms with Gasteiger partial charge in [0.05, 0.1) is 0 Å². The minimum atomic E-state index is -0.217. The Morgan fingerprint density at radius 3 is 2.75 bits per heavy atom. The zero-order valence-corrected chi connectivity index (χ0v) is 15.5. The second-order valence-electron chi connectivity index (χ2n) is 7.42. The van der Waals surface area contributed by atoms with Crippen molar-refractivity contribution in [1.29, 1.82) is 0 Å². The highest BCUT2D eigenvalue weighted by Gasteiger charge is 2.40. The van der Waals surface area contributed by atoms with E-state index in [-0.39, 0.29) is 29.9 Å². The number of nitrogens with one attached hydrogen (secondary N) is 2. The molecule has 2 saturated heterocycles. The molecule has 134 valence electrons. The van der Waals surface area contributed by atoms with Crippen LogP contribution >= 0.6 is 12.4 Å². The highest BCUT2D eigenvalue weighted by molar-refractivity contribution is 5.95. The van der Waals surface area contributed by atoms with Gasteiger partial charge >= 0.3 is 0 Å². The van der Waals surface area contributed by atoms with Crippen LogP contribution in [-0.4, -0.2) is 28.6 Å². The summed E-state index contributed by atoms with van der Waals surface area (Å²) in [4.78, 5) is 25.3. The topological polar surface area (TPSA) is 63.1 Å². The molecule has 0 spiro atoms. The lowest BCUT2D eigenvalue weighted by atomic mass is 9.95. The first-order valence-corrected chi connectivity index (χ1v) is 8.72. The predicted molar refractivity (Wildman–Crippen MR) is 98.0 cm³/mol. The molecule has 2 aliphatic rings. The molecule has 1 amide bonds. The number of carbonyl (C=O) groups is 1. The van der Waals surface area contributed by atoms with Crippen molar-refractivity contribution in [3.63, 3.8) is 0 Å². The molecule has 0 unspecified atom stereocenters. The SMILES string of the molecule is Cc1ccn(CCC(C)C)c(=O)c1C(=O)N[C@H]1C[C@H]2CC[C@@H]1N2.Cl. The molecule has 2 N–H and O–H groups in total. The number of nitrogens with zero attached hydrogens (tertiary/aromatic N) is 1. The Labute approximate surface area is 149 Å². The zero-order chi connectivity index (χ0) is 16.6. The van der Waals surface area contributed by atoms with E-state index in [1.807, 2.05) is 13.0 Å². The molecule has 3 atom stereocenters. The monoisotopic (exact) mass is 353 g/mol. The van der Waals surface area contributed by atoms with Crippen LogP contribution < -0.4 is 16.2 Å². The molecular weight excluding hydrogens is 326 g/mol. The van der Waals surface area contributed by atoms with Crippen LogP contribution in [0, 0.1) is 12.8 Å². The minimum absolute atomic E-state index is 0. The summed E-state index contributed by atoms with van der Waals surface area (Å²) in [7, 11) is 0. The molecule has 2 bridgehead atoms. The normalized spacial score (nSPS) is 24.9. The molecular formula is C18H28ClN3O2. The zero-order valence-electron chi connectivity index (χ0n) is 14.7. The van der Waals surface area contributed by atoms with Crippen LogP contribution in [0.3, 0.4) is 0 Å². The van der Waals surface area contributed by atoms with E-state index >= 15 is 0 Å². The number of hydrogen-bond donors (Lipinski definition) is 2. The van der Waals surface area contributed by atoms with Crippen molar-refractivity contribution in [2.24, 2.45) is 5.92 Å². The van der Waals surface area contributed by atoms with Crippen LogP contribution in [0.4, 0.5) is 0 Å². The third-order valence-corrected chi connectivity index (χ3v) is 5.16. The summed E-state index contributed by atoms with van der Waals surface area (Å²) in [5.74, 6) is 0.311. The molecule has 3 heterocycles. The Morgan fingerprint density at radius 2 is 2.17 bits per heavy atom. The van der Waals surface area contributed by atoms with Crippen molar-refractivity contribution in [2.45, 2.75) is 71.1 Å². The van der Waals surface area contributed by atoms with Crippen molar-refractivity contribution < 1.29 is 4.79 Å². The number of aromatic nitrogens is 1. The van der Waals surface area contributed by atoms with Gasteiger partial charge in [0.25, 0.3) is 11.5 Å². The molecule has 0 aromatic carbocycles. The summed E-state index contributed by atoms with van der Waals surface area (Å²) in [6.45, 7) is 6.76. The molecule has 24 heavy (non-hydrogen) atoms. The van der Waals surface area contributed by atoms with Gasteiger partial charge in [0.2, 0.25) is 0 Å². The van der Waals surface area contributed by atoms with Gasteiger partial charge in [-0.1, -0.05) is 13.8 Å². The molecule has 3 rings (SSSR count). The number of hydrogen-bond acceptors (Lipinski definition) is 3. The summed E-state index contributed by atoms with van der Waals surface area (Å²) in [5, 5.41) is 6.60. The van der Waals surface area contributed by atoms with E-state index in [4.69, 9.17) is 0 Å². The van der Waals surface area contributed by atoms with Gasteiger partial charge in [-0.25, -0.2) is 0 Å². The Kier molecular flexibility index (Phi) is 6.10. The molecule has 0 saturated carbocycles. The van der Waals surface area contributed by atoms with E-state index in [0.717, 1.165) is 24.8 Å². The van der Waals surface area contributed by atoms with Gasteiger partial charge in [0.1, 0.15) is 5.56 Å². The lowest BCUT2D eigenvalue weighted by molar-refractivity contribution is 0.0928. The largest absolute Gasteiger partial charge is 0.347 e. The van der Waals surface area contributed by atoms with Crippen LogP contribution in [0.15, 0.2) is 17.1 Å². The first-order chi connectivity index (χ1) is 11.0. The third kappa shape index (κ3) is 3.83. The highest BCUT2D eigenvalue weighted by atomic mass is 35.5. The Balaban J connectivity index is 0.00000208. The fourth-order valence-corrected chi connectivity index (χ4v) is 3.74. The van der Waals surface area contributed by atoms with E-state index in [1.165, 1.54) is 6.42 Å². The fraction of sp³-hybridized carbons (Fsp3) is 0.667. The summed E-state index contributed by atoms with van der Waals surface area (Å²) in [6.07, 6.45) is 6.02. The van der Waals surface area contributed by atoms with Gasteiger partial charge in [-0.05, 0) is 50.2 Å². The predicted octanol–water partition coefficient (Wildman–Crippen LogP) is 2.25. The van der Waals surface area contributed by atoms with E-state index in [0.29, 0.717) is 30.1 Å². The van der Waals surface area contributed by atoms with E-state index < -0.39 is 0 Å². The number of carbonyl (C=O) groups excluding carboxylic acids is 1. The van der Waals surface area contributed by atoms with Crippen LogP contribution in [-0.2, 0) is 6.54 Å². The smallest absolute Gasteiger partial charge is 0.263 e. The van der Waals surface area contributed by atoms with Gasteiger partial charge in [0.15, 0.2) is 0 Å². The molecule has 0 radical (unpaired) electrons. The minimum Gasteiger partial charge on any atom is -0.347 e.